The van der Waals surface area contributed by atoms with E-state index in [0.717, 1.165) is 24.8 Å². The third kappa shape index (κ3) is 2.95. The van der Waals surface area contributed by atoms with E-state index in [1.54, 1.807) is 12.1 Å². The summed E-state index contributed by atoms with van der Waals surface area (Å²) in [5.74, 6) is 1.54. The quantitative estimate of drug-likeness (QED) is 0.670. The Kier molecular flexibility index (Phi) is 3.67. The van der Waals surface area contributed by atoms with Gasteiger partial charge in [0.25, 0.3) is 0 Å². The Morgan fingerprint density at radius 2 is 1.76 bits per heavy atom. The van der Waals surface area contributed by atoms with Gasteiger partial charge in [-0.1, -0.05) is 12.1 Å². The molecule has 1 fully saturated rings. The summed E-state index contributed by atoms with van der Waals surface area (Å²) in [6.07, 6.45) is -1.14. The van der Waals surface area contributed by atoms with E-state index in [4.69, 9.17) is 11.6 Å². The monoisotopic (exact) mass is 262 g/mol. The molecule has 0 saturated heterocycles. The second kappa shape index (κ2) is 4.89. The van der Waals surface area contributed by atoms with E-state index in [2.05, 4.69) is 0 Å². The number of halogens is 4. The third-order valence-electron chi connectivity index (χ3n) is 3.47. The van der Waals surface area contributed by atoms with Crippen LogP contribution < -0.4 is 0 Å². The number of hydrogen-bond donors (Lipinski definition) is 0. The Bertz CT molecular complexity index is 369. The summed E-state index contributed by atoms with van der Waals surface area (Å²) in [7, 11) is 0. The van der Waals surface area contributed by atoms with Gasteiger partial charge >= 0.3 is 6.18 Å². The molecule has 0 heterocycles. The summed E-state index contributed by atoms with van der Waals surface area (Å²) in [5, 5.41) is 0. The maximum Gasteiger partial charge on any atom is 0.416 e. The summed E-state index contributed by atoms with van der Waals surface area (Å²) in [6, 6.07) is 5.54. The van der Waals surface area contributed by atoms with Gasteiger partial charge in [0, 0.05) is 5.88 Å². The van der Waals surface area contributed by atoms with Crippen molar-refractivity contribution in [2.75, 3.05) is 5.88 Å². The highest BCUT2D eigenvalue weighted by Crippen LogP contribution is 2.39. The van der Waals surface area contributed by atoms with Crippen molar-refractivity contribution in [2.45, 2.75) is 31.4 Å². The molecular weight excluding hydrogens is 249 g/mol. The van der Waals surface area contributed by atoms with Crippen molar-refractivity contribution in [2.24, 2.45) is 5.92 Å². The molecule has 94 valence electrons. The average Bonchev–Trinajstić information content (AvgIpc) is 2.76. The first-order valence-corrected chi connectivity index (χ1v) is 6.27. The minimum absolute atomic E-state index is 0.376. The van der Waals surface area contributed by atoms with Gasteiger partial charge in [-0.25, -0.2) is 0 Å². The van der Waals surface area contributed by atoms with E-state index >= 15 is 0 Å². The van der Waals surface area contributed by atoms with Gasteiger partial charge in [-0.2, -0.15) is 13.2 Å². The lowest BCUT2D eigenvalue weighted by Crippen LogP contribution is -2.05. The molecule has 1 aliphatic carbocycles. The predicted octanol–water partition coefficient (Wildman–Crippen LogP) is 4.83. The smallest absolute Gasteiger partial charge is 0.166 e. The maximum atomic E-state index is 12.4. The summed E-state index contributed by atoms with van der Waals surface area (Å²) in [5.41, 5.74) is 0.429. The zero-order valence-electron chi connectivity index (χ0n) is 9.30. The van der Waals surface area contributed by atoms with Crippen molar-refractivity contribution in [1.29, 1.82) is 0 Å². The van der Waals surface area contributed by atoms with E-state index in [-0.39, 0.29) is 0 Å². The highest BCUT2D eigenvalue weighted by molar-refractivity contribution is 6.18. The second-order valence-electron chi connectivity index (χ2n) is 4.65. The van der Waals surface area contributed by atoms with Crippen LogP contribution in [-0.4, -0.2) is 5.88 Å². The van der Waals surface area contributed by atoms with Gasteiger partial charge in [0.15, 0.2) is 0 Å². The molecule has 1 aromatic carbocycles. The first-order chi connectivity index (χ1) is 8.00. The van der Waals surface area contributed by atoms with Crippen molar-refractivity contribution in [3.05, 3.63) is 35.4 Å². The Morgan fingerprint density at radius 3 is 2.24 bits per heavy atom. The van der Waals surface area contributed by atoms with Crippen LogP contribution in [0, 0.1) is 5.92 Å². The number of alkyl halides is 4. The van der Waals surface area contributed by atoms with Gasteiger partial charge in [-0.05, 0) is 48.8 Å². The van der Waals surface area contributed by atoms with E-state index in [0.29, 0.717) is 17.7 Å². The standard InChI is InChI=1S/C13H14ClF3/c14-8-9-1-2-11(7-9)10-3-5-12(6-4-10)13(15,16)17/h3-6,9,11H,1-2,7-8H2. The highest BCUT2D eigenvalue weighted by atomic mass is 35.5. The molecule has 0 spiro atoms. The maximum absolute atomic E-state index is 12.4. The van der Waals surface area contributed by atoms with Crippen LogP contribution in [0.5, 0.6) is 0 Å². The van der Waals surface area contributed by atoms with E-state index in [1.165, 1.54) is 12.1 Å². The molecule has 17 heavy (non-hydrogen) atoms. The van der Waals surface area contributed by atoms with Crippen LogP contribution >= 0.6 is 11.6 Å². The van der Waals surface area contributed by atoms with Crippen molar-refractivity contribution in [3.63, 3.8) is 0 Å². The van der Waals surface area contributed by atoms with Crippen molar-refractivity contribution >= 4 is 11.6 Å². The molecule has 4 heteroatoms. The Balaban J connectivity index is 2.09. The van der Waals surface area contributed by atoms with Crippen LogP contribution in [0.2, 0.25) is 0 Å². The molecule has 0 bridgehead atoms. The van der Waals surface area contributed by atoms with Crippen molar-refractivity contribution < 1.29 is 13.2 Å². The van der Waals surface area contributed by atoms with Crippen LogP contribution in [0.15, 0.2) is 24.3 Å². The first-order valence-electron chi connectivity index (χ1n) is 5.74. The normalized spacial score (nSPS) is 25.2. The molecule has 0 aromatic heterocycles. The third-order valence-corrected chi connectivity index (χ3v) is 3.91. The molecule has 0 amide bonds. The molecule has 1 aliphatic rings. The lowest BCUT2D eigenvalue weighted by molar-refractivity contribution is -0.137. The first kappa shape index (κ1) is 12.7. The number of rotatable bonds is 2. The van der Waals surface area contributed by atoms with E-state index < -0.39 is 11.7 Å². The van der Waals surface area contributed by atoms with E-state index in [9.17, 15) is 13.2 Å². The van der Waals surface area contributed by atoms with Gasteiger partial charge in [-0.3, -0.25) is 0 Å². The summed E-state index contributed by atoms with van der Waals surface area (Å²) < 4.78 is 37.2. The fourth-order valence-electron chi connectivity index (χ4n) is 2.46. The molecular formula is C13H14ClF3. The van der Waals surface area contributed by atoms with Crippen molar-refractivity contribution in [3.8, 4) is 0 Å². The topological polar surface area (TPSA) is 0 Å². The molecule has 2 atom stereocenters. The Hall–Kier alpha value is -0.700. The molecule has 1 aromatic rings. The summed E-state index contributed by atoms with van der Waals surface area (Å²) >= 11 is 5.80. The number of benzene rings is 1. The zero-order chi connectivity index (χ0) is 12.5. The van der Waals surface area contributed by atoms with Crippen LogP contribution in [0.25, 0.3) is 0 Å². The fourth-order valence-corrected chi connectivity index (χ4v) is 2.74. The SMILES string of the molecule is FC(F)(F)c1ccc(C2CCC(CCl)C2)cc1. The van der Waals surface area contributed by atoms with Gasteiger partial charge in [0.1, 0.15) is 0 Å². The largest absolute Gasteiger partial charge is 0.416 e. The van der Waals surface area contributed by atoms with Crippen LogP contribution in [0.1, 0.15) is 36.3 Å². The highest BCUT2D eigenvalue weighted by Gasteiger charge is 2.31. The minimum atomic E-state index is -4.24. The van der Waals surface area contributed by atoms with Crippen LogP contribution in [0.4, 0.5) is 13.2 Å². The van der Waals surface area contributed by atoms with Gasteiger partial charge in [0.2, 0.25) is 0 Å². The van der Waals surface area contributed by atoms with Crippen LogP contribution in [0.3, 0.4) is 0 Å². The zero-order valence-corrected chi connectivity index (χ0v) is 10.1. The predicted molar refractivity (Wildman–Crippen MR) is 62.2 cm³/mol. The molecule has 1 saturated carbocycles. The molecule has 2 rings (SSSR count). The van der Waals surface area contributed by atoms with Gasteiger partial charge in [-0.15, -0.1) is 11.6 Å². The minimum Gasteiger partial charge on any atom is -0.166 e. The summed E-state index contributed by atoms with van der Waals surface area (Å²) in [6.45, 7) is 0. The fraction of sp³-hybridized carbons (Fsp3) is 0.538. The molecule has 0 radical (unpaired) electrons. The van der Waals surface area contributed by atoms with Gasteiger partial charge < -0.3 is 0 Å². The van der Waals surface area contributed by atoms with Gasteiger partial charge in [0.05, 0.1) is 5.56 Å². The average molecular weight is 263 g/mol. The molecule has 0 N–H and O–H groups in total. The molecule has 2 unspecified atom stereocenters. The van der Waals surface area contributed by atoms with E-state index in [1.807, 2.05) is 0 Å². The number of hydrogen-bond acceptors (Lipinski definition) is 0. The van der Waals surface area contributed by atoms with Crippen LogP contribution in [-0.2, 0) is 6.18 Å². The lowest BCUT2D eigenvalue weighted by Gasteiger charge is -2.12. The van der Waals surface area contributed by atoms with Crippen molar-refractivity contribution in [1.82, 2.24) is 0 Å². The Labute approximate surface area is 104 Å². The molecule has 0 nitrogen and oxygen atoms in total. The summed E-state index contributed by atoms with van der Waals surface area (Å²) in [4.78, 5) is 0. The Morgan fingerprint density at radius 1 is 1.12 bits per heavy atom. The molecule has 0 aliphatic heterocycles. The second-order valence-corrected chi connectivity index (χ2v) is 4.96. The lowest BCUT2D eigenvalue weighted by atomic mass is 9.95.